The highest BCUT2D eigenvalue weighted by Gasteiger charge is 2.19. The Balaban J connectivity index is 2.20. The molecule has 1 aromatic heterocycles. The number of nitrogens with zero attached hydrogens (tertiary/aromatic N) is 2. The Morgan fingerprint density at radius 3 is 2.85 bits per heavy atom. The predicted molar refractivity (Wildman–Crippen MR) is 77.9 cm³/mol. The molecule has 0 fully saturated rings. The molecule has 3 N–H and O–H groups in total. The molecule has 20 heavy (non-hydrogen) atoms. The van der Waals surface area contributed by atoms with E-state index in [4.69, 9.17) is 17.3 Å². The van der Waals surface area contributed by atoms with Gasteiger partial charge >= 0.3 is 0 Å². The van der Waals surface area contributed by atoms with Crippen molar-refractivity contribution in [3.05, 3.63) is 45.4 Å². The van der Waals surface area contributed by atoms with Crippen molar-refractivity contribution >= 4 is 39.1 Å². The summed E-state index contributed by atoms with van der Waals surface area (Å²) in [5.41, 5.74) is 6.68. The molecule has 8 heteroatoms. The van der Waals surface area contributed by atoms with E-state index in [-0.39, 0.29) is 10.7 Å². The third-order valence-corrected chi connectivity index (χ3v) is 3.55. The third-order valence-electron chi connectivity index (χ3n) is 2.62. The van der Waals surface area contributed by atoms with Crippen LogP contribution >= 0.6 is 27.5 Å². The normalized spacial score (nSPS) is 12.2. The molecule has 0 radical (unpaired) electrons. The molecule has 0 aliphatic heterocycles. The molecular formula is C12H11BrClFN4O. The van der Waals surface area contributed by atoms with Gasteiger partial charge in [-0.2, -0.15) is 5.10 Å². The van der Waals surface area contributed by atoms with Crippen molar-refractivity contribution in [1.82, 2.24) is 9.78 Å². The lowest BCUT2D eigenvalue weighted by atomic mass is 10.1. The van der Waals surface area contributed by atoms with Crippen molar-refractivity contribution in [2.45, 2.75) is 6.04 Å². The van der Waals surface area contributed by atoms with Gasteiger partial charge in [0.25, 0.3) is 0 Å². The number of aryl methyl sites for hydroxylation is 1. The van der Waals surface area contributed by atoms with Gasteiger partial charge in [0.2, 0.25) is 5.91 Å². The van der Waals surface area contributed by atoms with E-state index in [0.717, 1.165) is 6.07 Å². The summed E-state index contributed by atoms with van der Waals surface area (Å²) in [7, 11) is 1.72. The Kier molecular flexibility index (Phi) is 4.42. The fourth-order valence-electron chi connectivity index (χ4n) is 1.61. The van der Waals surface area contributed by atoms with Crippen LogP contribution in [-0.2, 0) is 11.8 Å². The van der Waals surface area contributed by atoms with Crippen LogP contribution in [-0.4, -0.2) is 15.7 Å². The molecule has 106 valence electrons. The summed E-state index contributed by atoms with van der Waals surface area (Å²) in [5, 5.41) is 6.60. The quantitative estimate of drug-likeness (QED) is 0.882. The zero-order valence-corrected chi connectivity index (χ0v) is 12.7. The SMILES string of the molecule is Cn1cc(C(N)C(=O)Nc2c(Cl)cc(F)cc2Br)cn1. The number of benzene rings is 1. The lowest BCUT2D eigenvalue weighted by molar-refractivity contribution is -0.117. The first-order valence-corrected chi connectivity index (χ1v) is 6.75. The van der Waals surface area contributed by atoms with Crippen LogP contribution in [0.25, 0.3) is 0 Å². The number of nitrogens with two attached hydrogens (primary N) is 1. The first-order valence-electron chi connectivity index (χ1n) is 5.58. The summed E-state index contributed by atoms with van der Waals surface area (Å²) in [5.74, 6) is -0.969. The van der Waals surface area contributed by atoms with Gasteiger partial charge in [-0.05, 0) is 28.1 Å². The molecule has 0 saturated carbocycles. The molecule has 0 saturated heterocycles. The van der Waals surface area contributed by atoms with Gasteiger partial charge in [-0.3, -0.25) is 9.48 Å². The van der Waals surface area contributed by atoms with E-state index in [0.29, 0.717) is 10.0 Å². The lowest BCUT2D eigenvalue weighted by Crippen LogP contribution is -2.27. The van der Waals surface area contributed by atoms with Crippen LogP contribution < -0.4 is 11.1 Å². The predicted octanol–water partition coefficient (Wildman–Crippen LogP) is 2.61. The molecule has 1 unspecified atom stereocenters. The van der Waals surface area contributed by atoms with E-state index in [1.165, 1.54) is 12.3 Å². The molecule has 0 aliphatic rings. The van der Waals surface area contributed by atoms with Gasteiger partial charge in [-0.25, -0.2) is 4.39 Å². The summed E-state index contributed by atoms with van der Waals surface area (Å²) in [6.45, 7) is 0. The monoisotopic (exact) mass is 360 g/mol. The van der Waals surface area contributed by atoms with E-state index >= 15 is 0 Å². The standard InChI is InChI=1S/C12H11BrClFN4O/c1-19-5-6(4-17-19)10(16)12(20)18-11-8(13)2-7(15)3-9(11)14/h2-5,10H,16H2,1H3,(H,18,20). The van der Waals surface area contributed by atoms with Crippen molar-refractivity contribution in [2.24, 2.45) is 12.8 Å². The van der Waals surface area contributed by atoms with Crippen molar-refractivity contribution < 1.29 is 9.18 Å². The smallest absolute Gasteiger partial charge is 0.246 e. The number of carbonyl (C=O) groups excluding carboxylic acids is 1. The number of halogens is 3. The largest absolute Gasteiger partial charge is 0.322 e. The third kappa shape index (κ3) is 3.17. The molecule has 0 bridgehead atoms. The van der Waals surface area contributed by atoms with Gasteiger partial charge < -0.3 is 11.1 Å². The van der Waals surface area contributed by atoms with Crippen LogP contribution in [0.4, 0.5) is 10.1 Å². The number of hydrogen-bond donors (Lipinski definition) is 2. The second kappa shape index (κ2) is 5.90. The van der Waals surface area contributed by atoms with Gasteiger partial charge in [0.1, 0.15) is 11.9 Å². The van der Waals surface area contributed by atoms with Gasteiger partial charge in [0.05, 0.1) is 16.9 Å². The average Bonchev–Trinajstić information content (AvgIpc) is 2.79. The summed E-state index contributed by atoms with van der Waals surface area (Å²) in [6.07, 6.45) is 3.15. The number of carbonyl (C=O) groups is 1. The Bertz CT molecular complexity index is 638. The molecule has 1 amide bonds. The zero-order valence-electron chi connectivity index (χ0n) is 10.4. The van der Waals surface area contributed by atoms with Gasteiger partial charge in [-0.1, -0.05) is 11.6 Å². The first-order chi connectivity index (χ1) is 9.38. The second-order valence-electron chi connectivity index (χ2n) is 4.16. The molecular weight excluding hydrogens is 351 g/mol. The molecule has 0 spiro atoms. The molecule has 1 aromatic carbocycles. The Morgan fingerprint density at radius 1 is 1.60 bits per heavy atom. The maximum Gasteiger partial charge on any atom is 0.246 e. The van der Waals surface area contributed by atoms with Crippen molar-refractivity contribution in [3.8, 4) is 0 Å². The minimum absolute atomic E-state index is 0.0867. The average molecular weight is 362 g/mol. The van der Waals surface area contributed by atoms with E-state index in [2.05, 4.69) is 26.3 Å². The fraction of sp³-hybridized carbons (Fsp3) is 0.167. The van der Waals surface area contributed by atoms with E-state index in [1.54, 1.807) is 17.9 Å². The topological polar surface area (TPSA) is 72.9 Å². The number of amides is 1. The Labute approximate surface area is 128 Å². The molecule has 1 heterocycles. The highest BCUT2D eigenvalue weighted by Crippen LogP contribution is 2.32. The maximum absolute atomic E-state index is 13.1. The number of rotatable bonds is 3. The van der Waals surface area contributed by atoms with Crippen LogP contribution in [0.5, 0.6) is 0 Å². The Hall–Kier alpha value is -1.44. The number of aromatic nitrogens is 2. The summed E-state index contributed by atoms with van der Waals surface area (Å²) in [6, 6.07) is 1.42. The Morgan fingerprint density at radius 2 is 2.30 bits per heavy atom. The minimum atomic E-state index is -0.892. The first kappa shape index (κ1) is 15.0. The highest BCUT2D eigenvalue weighted by molar-refractivity contribution is 9.10. The summed E-state index contributed by atoms with van der Waals surface area (Å²) in [4.78, 5) is 12.1. The van der Waals surface area contributed by atoms with Crippen molar-refractivity contribution in [1.29, 1.82) is 0 Å². The fourth-order valence-corrected chi connectivity index (χ4v) is 2.51. The van der Waals surface area contributed by atoms with Crippen LogP contribution in [0.3, 0.4) is 0 Å². The van der Waals surface area contributed by atoms with Crippen molar-refractivity contribution in [3.63, 3.8) is 0 Å². The number of anilines is 1. The minimum Gasteiger partial charge on any atom is -0.322 e. The summed E-state index contributed by atoms with van der Waals surface area (Å²) >= 11 is 9.03. The van der Waals surface area contributed by atoms with Crippen LogP contribution in [0.1, 0.15) is 11.6 Å². The summed E-state index contributed by atoms with van der Waals surface area (Å²) < 4.78 is 15.0. The van der Waals surface area contributed by atoms with E-state index in [1.807, 2.05) is 0 Å². The van der Waals surface area contributed by atoms with Gasteiger partial charge in [0.15, 0.2) is 0 Å². The lowest BCUT2D eigenvalue weighted by Gasteiger charge is -2.13. The zero-order chi connectivity index (χ0) is 14.9. The molecule has 0 aliphatic carbocycles. The molecule has 1 atom stereocenters. The molecule has 5 nitrogen and oxygen atoms in total. The van der Waals surface area contributed by atoms with Crippen LogP contribution in [0, 0.1) is 5.82 Å². The molecule has 2 rings (SSSR count). The van der Waals surface area contributed by atoms with Crippen LogP contribution in [0.15, 0.2) is 29.0 Å². The van der Waals surface area contributed by atoms with Crippen molar-refractivity contribution in [2.75, 3.05) is 5.32 Å². The van der Waals surface area contributed by atoms with E-state index < -0.39 is 17.8 Å². The second-order valence-corrected chi connectivity index (χ2v) is 5.42. The van der Waals surface area contributed by atoms with Gasteiger partial charge in [-0.15, -0.1) is 0 Å². The highest BCUT2D eigenvalue weighted by atomic mass is 79.9. The molecule has 2 aromatic rings. The number of hydrogen-bond acceptors (Lipinski definition) is 3. The van der Waals surface area contributed by atoms with Crippen LogP contribution in [0.2, 0.25) is 5.02 Å². The maximum atomic E-state index is 13.1. The van der Waals surface area contributed by atoms with Gasteiger partial charge in [0, 0.05) is 23.3 Å². The van der Waals surface area contributed by atoms with E-state index in [9.17, 15) is 9.18 Å². The number of nitrogens with one attached hydrogen (secondary N) is 1.